The Kier molecular flexibility index (Phi) is 4.11. The first-order valence-electron chi connectivity index (χ1n) is 4.52. The summed E-state index contributed by atoms with van der Waals surface area (Å²) < 4.78 is 0.867. The molecular weight excluding hydrogens is 258 g/mol. The number of halogens is 1. The maximum Gasteiger partial charge on any atom is 0.122 e. The van der Waals surface area contributed by atoms with Crippen molar-refractivity contribution in [1.29, 1.82) is 5.41 Å². The SMILES string of the molecule is CN(CCO)c1ccc(C(=N)N)cc1Br. The number of hydrogen-bond acceptors (Lipinski definition) is 3. The van der Waals surface area contributed by atoms with Crippen molar-refractivity contribution in [2.75, 3.05) is 25.1 Å². The summed E-state index contributed by atoms with van der Waals surface area (Å²) >= 11 is 3.41. The molecule has 0 spiro atoms. The van der Waals surface area contributed by atoms with Gasteiger partial charge < -0.3 is 15.7 Å². The van der Waals surface area contributed by atoms with Crippen molar-refractivity contribution >= 4 is 27.5 Å². The lowest BCUT2D eigenvalue weighted by molar-refractivity contribution is 0.304. The highest BCUT2D eigenvalue weighted by Gasteiger charge is 2.06. The number of likely N-dealkylation sites (N-methyl/N-ethyl adjacent to an activating group) is 1. The van der Waals surface area contributed by atoms with E-state index in [2.05, 4.69) is 15.9 Å². The van der Waals surface area contributed by atoms with E-state index in [-0.39, 0.29) is 12.4 Å². The Morgan fingerprint density at radius 2 is 2.27 bits per heavy atom. The highest BCUT2D eigenvalue weighted by atomic mass is 79.9. The molecular formula is C10H14BrN3O. The molecule has 0 aromatic heterocycles. The third-order valence-electron chi connectivity index (χ3n) is 2.11. The molecule has 4 N–H and O–H groups in total. The summed E-state index contributed by atoms with van der Waals surface area (Å²) in [4.78, 5) is 1.92. The number of benzene rings is 1. The highest BCUT2D eigenvalue weighted by molar-refractivity contribution is 9.10. The zero-order chi connectivity index (χ0) is 11.4. The average Bonchev–Trinajstić information content (AvgIpc) is 2.17. The molecule has 0 atom stereocenters. The number of nitrogen functional groups attached to an aromatic ring is 1. The number of aliphatic hydroxyl groups is 1. The maximum atomic E-state index is 8.82. The number of nitrogens with zero attached hydrogens (tertiary/aromatic N) is 1. The Labute approximate surface area is 97.3 Å². The number of nitrogens with two attached hydrogens (primary N) is 1. The van der Waals surface area contributed by atoms with Crippen molar-refractivity contribution in [3.8, 4) is 0 Å². The molecule has 5 heteroatoms. The lowest BCUT2D eigenvalue weighted by atomic mass is 10.2. The van der Waals surface area contributed by atoms with Crippen LogP contribution in [-0.4, -0.2) is 31.1 Å². The van der Waals surface area contributed by atoms with E-state index >= 15 is 0 Å². The zero-order valence-corrected chi connectivity index (χ0v) is 10.1. The van der Waals surface area contributed by atoms with Crippen LogP contribution in [0.25, 0.3) is 0 Å². The summed E-state index contributed by atoms with van der Waals surface area (Å²) in [6.45, 7) is 0.676. The van der Waals surface area contributed by atoms with Crippen molar-refractivity contribution < 1.29 is 5.11 Å². The molecule has 0 aliphatic carbocycles. The monoisotopic (exact) mass is 271 g/mol. The van der Waals surface area contributed by atoms with Crippen LogP contribution in [0, 0.1) is 5.41 Å². The molecule has 0 aliphatic rings. The molecule has 15 heavy (non-hydrogen) atoms. The van der Waals surface area contributed by atoms with E-state index in [4.69, 9.17) is 16.2 Å². The molecule has 1 rings (SSSR count). The van der Waals surface area contributed by atoms with Gasteiger partial charge in [0.1, 0.15) is 5.84 Å². The van der Waals surface area contributed by atoms with Crippen molar-refractivity contribution in [3.05, 3.63) is 28.2 Å². The lowest BCUT2D eigenvalue weighted by Crippen LogP contribution is -2.21. The summed E-state index contributed by atoms with van der Waals surface area (Å²) in [5.74, 6) is 0.0482. The van der Waals surface area contributed by atoms with E-state index in [9.17, 15) is 0 Å². The van der Waals surface area contributed by atoms with E-state index in [1.807, 2.05) is 18.0 Å². The number of hydrogen-bond donors (Lipinski definition) is 3. The van der Waals surface area contributed by atoms with Gasteiger partial charge in [-0.1, -0.05) is 0 Å². The number of aliphatic hydroxyl groups excluding tert-OH is 1. The first kappa shape index (κ1) is 12.0. The van der Waals surface area contributed by atoms with Crippen molar-refractivity contribution in [2.24, 2.45) is 5.73 Å². The second-order valence-corrected chi connectivity index (χ2v) is 4.08. The Morgan fingerprint density at radius 3 is 2.73 bits per heavy atom. The Hall–Kier alpha value is -1.07. The quantitative estimate of drug-likeness (QED) is 0.569. The fourth-order valence-electron chi connectivity index (χ4n) is 1.25. The molecule has 1 aromatic rings. The number of nitrogens with one attached hydrogen (secondary N) is 1. The fraction of sp³-hybridized carbons (Fsp3) is 0.300. The molecule has 4 nitrogen and oxygen atoms in total. The van der Waals surface area contributed by atoms with Crippen LogP contribution >= 0.6 is 15.9 Å². The smallest absolute Gasteiger partial charge is 0.122 e. The predicted molar refractivity (Wildman–Crippen MR) is 65.5 cm³/mol. The van der Waals surface area contributed by atoms with Crippen LogP contribution < -0.4 is 10.6 Å². The summed E-state index contributed by atoms with van der Waals surface area (Å²) in [5, 5.41) is 16.1. The van der Waals surface area contributed by atoms with Gasteiger partial charge in [-0.3, -0.25) is 5.41 Å². The second-order valence-electron chi connectivity index (χ2n) is 3.23. The van der Waals surface area contributed by atoms with Gasteiger partial charge in [0.15, 0.2) is 0 Å². The molecule has 0 saturated carbocycles. The molecule has 1 aromatic carbocycles. The van der Waals surface area contributed by atoms with E-state index in [1.165, 1.54) is 0 Å². The lowest BCUT2D eigenvalue weighted by Gasteiger charge is -2.19. The van der Waals surface area contributed by atoms with Crippen molar-refractivity contribution in [3.63, 3.8) is 0 Å². The predicted octanol–water partition coefficient (Wildman–Crippen LogP) is 1.16. The Morgan fingerprint density at radius 1 is 1.60 bits per heavy atom. The minimum atomic E-state index is 0.0482. The topological polar surface area (TPSA) is 73.3 Å². The molecule has 0 radical (unpaired) electrons. The van der Waals surface area contributed by atoms with Gasteiger partial charge in [-0.2, -0.15) is 0 Å². The second kappa shape index (κ2) is 5.14. The Bertz CT molecular complexity index is 368. The van der Waals surface area contributed by atoms with E-state index in [1.54, 1.807) is 12.1 Å². The van der Waals surface area contributed by atoms with Gasteiger partial charge in [0, 0.05) is 23.6 Å². The van der Waals surface area contributed by atoms with Crippen LogP contribution in [0.3, 0.4) is 0 Å². The average molecular weight is 272 g/mol. The third-order valence-corrected chi connectivity index (χ3v) is 2.74. The standard InChI is InChI=1S/C10H14BrN3O/c1-14(4-5-15)9-3-2-7(10(12)13)6-8(9)11/h2-3,6,15H,4-5H2,1H3,(H3,12,13). The molecule has 0 amide bonds. The first-order chi connectivity index (χ1) is 7.06. The van der Waals surface area contributed by atoms with Crippen LogP contribution in [0.5, 0.6) is 0 Å². The van der Waals surface area contributed by atoms with Gasteiger partial charge in [-0.15, -0.1) is 0 Å². The molecule has 0 unspecified atom stereocenters. The molecule has 0 bridgehead atoms. The fourth-order valence-corrected chi connectivity index (χ4v) is 1.94. The van der Waals surface area contributed by atoms with Crippen LogP contribution in [-0.2, 0) is 0 Å². The normalized spacial score (nSPS) is 10.1. The van der Waals surface area contributed by atoms with Gasteiger partial charge >= 0.3 is 0 Å². The minimum Gasteiger partial charge on any atom is -0.395 e. The summed E-state index contributed by atoms with van der Waals surface area (Å²) in [6, 6.07) is 5.46. The van der Waals surface area contributed by atoms with Crippen molar-refractivity contribution in [2.45, 2.75) is 0 Å². The Balaban J connectivity index is 2.97. The molecule has 0 heterocycles. The van der Waals surface area contributed by atoms with Crippen LogP contribution in [0.15, 0.2) is 22.7 Å². The van der Waals surface area contributed by atoms with Gasteiger partial charge in [0.05, 0.1) is 12.3 Å². The van der Waals surface area contributed by atoms with Gasteiger partial charge in [0.25, 0.3) is 0 Å². The van der Waals surface area contributed by atoms with E-state index in [0.29, 0.717) is 12.1 Å². The highest BCUT2D eigenvalue weighted by Crippen LogP contribution is 2.26. The van der Waals surface area contributed by atoms with E-state index in [0.717, 1.165) is 10.2 Å². The molecule has 0 aliphatic heterocycles. The minimum absolute atomic E-state index is 0.0482. The number of rotatable bonds is 4. The van der Waals surface area contributed by atoms with Crippen LogP contribution in [0.2, 0.25) is 0 Å². The van der Waals surface area contributed by atoms with Crippen molar-refractivity contribution in [1.82, 2.24) is 0 Å². The van der Waals surface area contributed by atoms with Gasteiger partial charge in [-0.05, 0) is 34.1 Å². The molecule has 82 valence electrons. The van der Waals surface area contributed by atoms with Crippen LogP contribution in [0.1, 0.15) is 5.56 Å². The summed E-state index contributed by atoms with van der Waals surface area (Å²) in [5.41, 5.74) is 7.03. The van der Waals surface area contributed by atoms with Gasteiger partial charge in [0.2, 0.25) is 0 Å². The first-order valence-corrected chi connectivity index (χ1v) is 5.31. The van der Waals surface area contributed by atoms with Gasteiger partial charge in [-0.25, -0.2) is 0 Å². The molecule has 0 fully saturated rings. The van der Waals surface area contributed by atoms with E-state index < -0.39 is 0 Å². The summed E-state index contributed by atoms with van der Waals surface area (Å²) in [6.07, 6.45) is 0. The number of amidine groups is 1. The summed E-state index contributed by atoms with van der Waals surface area (Å²) in [7, 11) is 1.89. The third kappa shape index (κ3) is 2.94. The zero-order valence-electron chi connectivity index (χ0n) is 8.50. The maximum absolute atomic E-state index is 8.82. The molecule has 0 saturated heterocycles. The van der Waals surface area contributed by atoms with Crippen LogP contribution in [0.4, 0.5) is 5.69 Å². The largest absolute Gasteiger partial charge is 0.395 e. The number of anilines is 1.